The maximum absolute atomic E-state index is 14.4. The lowest BCUT2D eigenvalue weighted by molar-refractivity contribution is 0.163. The molecular weight excluding hydrogens is 187 g/mol. The molecule has 0 aromatic carbocycles. The van der Waals surface area contributed by atoms with Crippen molar-refractivity contribution in [2.24, 2.45) is 0 Å². The van der Waals surface area contributed by atoms with Crippen LogP contribution in [-0.2, 0) is 0 Å². The van der Waals surface area contributed by atoms with E-state index >= 15 is 0 Å². The van der Waals surface area contributed by atoms with Gasteiger partial charge in [0.25, 0.3) is 0 Å². The van der Waals surface area contributed by atoms with Gasteiger partial charge in [0.05, 0.1) is 0 Å². The molecule has 0 saturated carbocycles. The van der Waals surface area contributed by atoms with Gasteiger partial charge in [0, 0.05) is 0 Å². The van der Waals surface area contributed by atoms with E-state index < -0.39 is 5.67 Å². The smallest absolute Gasteiger partial charge is 0.114 e. The molecule has 0 aliphatic heterocycles. The molecule has 0 aliphatic carbocycles. The van der Waals surface area contributed by atoms with Crippen LogP contribution in [0.1, 0.15) is 78.6 Å². The number of halogens is 1. The van der Waals surface area contributed by atoms with Gasteiger partial charge in [0.15, 0.2) is 0 Å². The summed E-state index contributed by atoms with van der Waals surface area (Å²) in [5.41, 5.74) is -0.971. The highest BCUT2D eigenvalue weighted by molar-refractivity contribution is 4.93. The van der Waals surface area contributed by atoms with E-state index in [4.69, 9.17) is 0 Å². The van der Waals surface area contributed by atoms with Crippen LogP contribution in [0.25, 0.3) is 0 Å². The number of hydrogen-bond donors (Lipinski definition) is 0. The molecule has 0 rings (SSSR count). The molecule has 0 spiro atoms. The van der Waals surface area contributed by atoms with Gasteiger partial charge in [0.1, 0.15) is 5.67 Å². The minimum Gasteiger partial charge on any atom is -0.244 e. The second kappa shape index (κ2) is 9.18. The lowest BCUT2D eigenvalue weighted by Gasteiger charge is -2.25. The fourth-order valence-electron chi connectivity index (χ4n) is 1.84. The SMILES string of the molecule is CCCC[CH]C(F)(CCCC)CCCC. The van der Waals surface area contributed by atoms with E-state index in [1.54, 1.807) is 0 Å². The van der Waals surface area contributed by atoms with Crippen LogP contribution >= 0.6 is 0 Å². The van der Waals surface area contributed by atoms with E-state index in [0.717, 1.165) is 57.8 Å². The van der Waals surface area contributed by atoms with E-state index in [0.29, 0.717) is 0 Å². The average molecular weight is 215 g/mol. The molecule has 0 nitrogen and oxygen atoms in total. The lowest BCUT2D eigenvalue weighted by atomic mass is 9.87. The monoisotopic (exact) mass is 215 g/mol. The van der Waals surface area contributed by atoms with Crippen molar-refractivity contribution >= 4 is 0 Å². The largest absolute Gasteiger partial charge is 0.244 e. The molecule has 0 fully saturated rings. The van der Waals surface area contributed by atoms with Crippen molar-refractivity contribution in [2.45, 2.75) is 84.2 Å². The highest BCUT2D eigenvalue weighted by Crippen LogP contribution is 2.30. The third kappa shape index (κ3) is 7.81. The van der Waals surface area contributed by atoms with Crippen LogP contribution in [0.4, 0.5) is 4.39 Å². The van der Waals surface area contributed by atoms with Crippen molar-refractivity contribution < 1.29 is 4.39 Å². The van der Waals surface area contributed by atoms with Crippen LogP contribution in [0, 0.1) is 6.42 Å². The minimum atomic E-state index is -0.971. The molecule has 0 aliphatic rings. The molecule has 15 heavy (non-hydrogen) atoms. The average Bonchev–Trinajstić information content (AvgIpc) is 2.24. The Kier molecular flexibility index (Phi) is 9.13. The van der Waals surface area contributed by atoms with Crippen molar-refractivity contribution in [3.05, 3.63) is 6.42 Å². The van der Waals surface area contributed by atoms with Crippen LogP contribution < -0.4 is 0 Å². The van der Waals surface area contributed by atoms with Crippen molar-refractivity contribution in [2.75, 3.05) is 0 Å². The predicted octanol–water partition coefficient (Wildman–Crippen LogP) is 5.47. The van der Waals surface area contributed by atoms with Crippen LogP contribution in [0.5, 0.6) is 0 Å². The topological polar surface area (TPSA) is 0 Å². The summed E-state index contributed by atoms with van der Waals surface area (Å²) in [7, 11) is 0. The Morgan fingerprint density at radius 3 is 1.73 bits per heavy atom. The molecule has 0 amide bonds. The molecule has 0 saturated heterocycles. The summed E-state index contributed by atoms with van der Waals surface area (Å²) in [6.45, 7) is 6.42. The van der Waals surface area contributed by atoms with Gasteiger partial charge in [0.2, 0.25) is 0 Å². The number of hydrogen-bond acceptors (Lipinski definition) is 0. The predicted molar refractivity (Wildman–Crippen MR) is 66.7 cm³/mol. The van der Waals surface area contributed by atoms with Gasteiger partial charge >= 0.3 is 0 Å². The van der Waals surface area contributed by atoms with Gasteiger partial charge in [-0.05, 0) is 25.7 Å². The zero-order chi connectivity index (χ0) is 11.6. The summed E-state index contributed by atoms with van der Waals surface area (Å²) < 4.78 is 14.4. The van der Waals surface area contributed by atoms with Crippen LogP contribution in [0.3, 0.4) is 0 Å². The summed E-state index contributed by atoms with van der Waals surface area (Å²) in [6, 6.07) is 0. The Balaban J connectivity index is 3.89. The molecule has 91 valence electrons. The van der Waals surface area contributed by atoms with E-state index in [1.165, 1.54) is 0 Å². The molecule has 0 unspecified atom stereocenters. The fourth-order valence-corrected chi connectivity index (χ4v) is 1.84. The molecule has 1 heteroatoms. The molecule has 0 bridgehead atoms. The summed E-state index contributed by atoms with van der Waals surface area (Å²) in [5, 5.41) is 0. The standard InChI is InChI=1S/C14H28F/c1-4-7-10-13-14(15,11-8-5-2)12-9-6-3/h13H,4-12H2,1-3H3. The Hall–Kier alpha value is -0.0700. The van der Waals surface area contributed by atoms with Crippen LogP contribution in [-0.4, -0.2) is 5.67 Å². The second-order valence-electron chi connectivity index (χ2n) is 4.59. The second-order valence-corrected chi connectivity index (χ2v) is 4.59. The zero-order valence-corrected chi connectivity index (χ0v) is 10.8. The first-order chi connectivity index (χ1) is 7.18. The van der Waals surface area contributed by atoms with Crippen molar-refractivity contribution in [3.63, 3.8) is 0 Å². The normalized spacial score (nSPS) is 12.0. The summed E-state index contributed by atoms with van der Waals surface area (Å²) >= 11 is 0. The molecule has 0 N–H and O–H groups in total. The van der Waals surface area contributed by atoms with Crippen molar-refractivity contribution in [3.8, 4) is 0 Å². The van der Waals surface area contributed by atoms with Gasteiger partial charge in [-0.1, -0.05) is 59.3 Å². The first kappa shape index (κ1) is 14.9. The quantitative estimate of drug-likeness (QED) is 0.424. The van der Waals surface area contributed by atoms with Gasteiger partial charge in [-0.3, -0.25) is 0 Å². The zero-order valence-electron chi connectivity index (χ0n) is 10.8. The molecule has 1 radical (unpaired) electrons. The molecular formula is C14H28F. The molecule has 0 atom stereocenters. The Bertz CT molecular complexity index is 123. The van der Waals surface area contributed by atoms with Gasteiger partial charge in [-0.25, -0.2) is 4.39 Å². The maximum Gasteiger partial charge on any atom is 0.114 e. The third-order valence-electron chi connectivity index (χ3n) is 2.96. The van der Waals surface area contributed by atoms with E-state index in [-0.39, 0.29) is 0 Å². The van der Waals surface area contributed by atoms with Gasteiger partial charge < -0.3 is 0 Å². The number of rotatable bonds is 10. The van der Waals surface area contributed by atoms with Crippen LogP contribution in [0.15, 0.2) is 0 Å². The molecule has 0 aromatic rings. The fraction of sp³-hybridized carbons (Fsp3) is 0.929. The first-order valence-corrected chi connectivity index (χ1v) is 6.71. The van der Waals surface area contributed by atoms with Crippen molar-refractivity contribution in [1.29, 1.82) is 0 Å². The first-order valence-electron chi connectivity index (χ1n) is 6.71. The summed E-state index contributed by atoms with van der Waals surface area (Å²) in [4.78, 5) is 0. The van der Waals surface area contributed by atoms with E-state index in [9.17, 15) is 4.39 Å². The van der Waals surface area contributed by atoms with E-state index in [1.807, 2.05) is 6.42 Å². The third-order valence-corrected chi connectivity index (χ3v) is 2.96. The molecule has 0 aromatic heterocycles. The Labute approximate surface area is 95.6 Å². The number of alkyl halides is 1. The van der Waals surface area contributed by atoms with Crippen LogP contribution in [0.2, 0.25) is 0 Å². The van der Waals surface area contributed by atoms with Crippen molar-refractivity contribution in [1.82, 2.24) is 0 Å². The van der Waals surface area contributed by atoms with Gasteiger partial charge in [-0.15, -0.1) is 0 Å². The lowest BCUT2D eigenvalue weighted by Crippen LogP contribution is -2.23. The van der Waals surface area contributed by atoms with E-state index in [2.05, 4.69) is 20.8 Å². The summed E-state index contributed by atoms with van der Waals surface area (Å²) in [5.74, 6) is 0. The summed E-state index contributed by atoms with van der Waals surface area (Å²) in [6.07, 6.45) is 10.9. The highest BCUT2D eigenvalue weighted by Gasteiger charge is 2.27. The molecule has 0 heterocycles. The Morgan fingerprint density at radius 1 is 0.867 bits per heavy atom. The van der Waals surface area contributed by atoms with Gasteiger partial charge in [-0.2, -0.15) is 0 Å². The number of unbranched alkanes of at least 4 members (excludes halogenated alkanes) is 4. The maximum atomic E-state index is 14.4. The minimum absolute atomic E-state index is 0.729. The Morgan fingerprint density at radius 2 is 1.33 bits per heavy atom. The highest BCUT2D eigenvalue weighted by atomic mass is 19.1.